The van der Waals surface area contributed by atoms with E-state index in [4.69, 9.17) is 14.8 Å². The standard InChI is InChI=1S/C22H26N4O/c1-27-20-9-2-5-16(13-20)17-10-11-21-23-22(24-26(21)15-17)18-6-4-12-25(14-18)19-7-3-8-19/h2,5,9-11,13,15,18-19H,3-4,6-8,12,14H2,1H3/t18-/m1/s1. The fourth-order valence-corrected chi connectivity index (χ4v) is 4.35. The van der Waals surface area contributed by atoms with E-state index in [0.717, 1.165) is 40.9 Å². The van der Waals surface area contributed by atoms with Crippen LogP contribution in [0.4, 0.5) is 0 Å². The highest BCUT2D eigenvalue weighted by Crippen LogP contribution is 2.32. The highest BCUT2D eigenvalue weighted by molar-refractivity contribution is 5.65. The van der Waals surface area contributed by atoms with Crippen LogP contribution in [-0.2, 0) is 0 Å². The fraction of sp³-hybridized carbons (Fsp3) is 0.455. The summed E-state index contributed by atoms with van der Waals surface area (Å²) in [4.78, 5) is 7.51. The first kappa shape index (κ1) is 16.8. The highest BCUT2D eigenvalue weighted by Gasteiger charge is 2.31. The lowest BCUT2D eigenvalue weighted by atomic mass is 9.87. The van der Waals surface area contributed by atoms with Crippen molar-refractivity contribution >= 4 is 5.65 Å². The molecule has 3 aromatic rings. The molecule has 5 heteroatoms. The predicted molar refractivity (Wildman–Crippen MR) is 106 cm³/mol. The van der Waals surface area contributed by atoms with Crippen LogP contribution in [0.15, 0.2) is 42.6 Å². The lowest BCUT2D eigenvalue weighted by Gasteiger charge is -2.41. The number of benzene rings is 1. The van der Waals surface area contributed by atoms with Crippen molar-refractivity contribution in [2.24, 2.45) is 0 Å². The summed E-state index contributed by atoms with van der Waals surface area (Å²) in [7, 11) is 1.70. The second-order valence-corrected chi connectivity index (χ2v) is 7.84. The molecule has 1 aromatic carbocycles. The third-order valence-corrected chi connectivity index (χ3v) is 6.16. The van der Waals surface area contributed by atoms with E-state index in [0.29, 0.717) is 5.92 Å². The van der Waals surface area contributed by atoms with E-state index in [1.807, 2.05) is 16.6 Å². The van der Waals surface area contributed by atoms with Crippen molar-refractivity contribution in [2.75, 3.05) is 20.2 Å². The molecule has 5 nitrogen and oxygen atoms in total. The molecular weight excluding hydrogens is 336 g/mol. The molecule has 1 atom stereocenters. The van der Waals surface area contributed by atoms with Gasteiger partial charge in [-0.1, -0.05) is 18.6 Å². The monoisotopic (exact) mass is 362 g/mol. The lowest BCUT2D eigenvalue weighted by Crippen LogP contribution is -2.45. The zero-order valence-electron chi connectivity index (χ0n) is 15.8. The molecule has 27 heavy (non-hydrogen) atoms. The minimum absolute atomic E-state index is 0.458. The van der Waals surface area contributed by atoms with Crippen LogP contribution < -0.4 is 4.74 Å². The number of fused-ring (bicyclic) bond motifs is 1. The molecule has 2 fully saturated rings. The van der Waals surface area contributed by atoms with Crippen molar-refractivity contribution in [3.8, 4) is 16.9 Å². The molecule has 1 saturated carbocycles. The SMILES string of the molecule is COc1cccc(-c2ccc3nc([C@@H]4CCCN(C5CCC5)C4)nn3c2)c1. The van der Waals surface area contributed by atoms with Crippen LogP contribution in [0.5, 0.6) is 5.75 Å². The number of aromatic nitrogens is 3. The van der Waals surface area contributed by atoms with E-state index in [-0.39, 0.29) is 0 Å². The second-order valence-electron chi connectivity index (χ2n) is 7.84. The van der Waals surface area contributed by atoms with E-state index in [9.17, 15) is 0 Å². The van der Waals surface area contributed by atoms with Crippen LogP contribution in [0.2, 0.25) is 0 Å². The summed E-state index contributed by atoms with van der Waals surface area (Å²) in [6.07, 6.45) is 8.66. The van der Waals surface area contributed by atoms with Gasteiger partial charge < -0.3 is 4.74 Å². The fourth-order valence-electron chi connectivity index (χ4n) is 4.35. The molecule has 1 aliphatic heterocycles. The summed E-state index contributed by atoms with van der Waals surface area (Å²) in [5.74, 6) is 2.33. The Labute approximate surface area is 160 Å². The number of rotatable bonds is 4. The van der Waals surface area contributed by atoms with Gasteiger partial charge in [-0.3, -0.25) is 4.90 Å². The van der Waals surface area contributed by atoms with Crippen molar-refractivity contribution in [1.82, 2.24) is 19.5 Å². The third kappa shape index (κ3) is 3.21. The number of likely N-dealkylation sites (tertiary alicyclic amines) is 1. The molecular formula is C22H26N4O. The molecule has 5 rings (SSSR count). The number of ether oxygens (including phenoxy) is 1. The van der Waals surface area contributed by atoms with Gasteiger partial charge in [-0.15, -0.1) is 0 Å². The Morgan fingerprint density at radius 2 is 1.96 bits per heavy atom. The minimum Gasteiger partial charge on any atom is -0.497 e. The average molecular weight is 362 g/mol. The van der Waals surface area contributed by atoms with Crippen molar-refractivity contribution in [1.29, 1.82) is 0 Å². The average Bonchev–Trinajstić information content (AvgIpc) is 3.10. The Morgan fingerprint density at radius 1 is 1.04 bits per heavy atom. The normalized spacial score (nSPS) is 21.3. The maximum absolute atomic E-state index is 5.35. The number of methoxy groups -OCH3 is 1. The van der Waals surface area contributed by atoms with Gasteiger partial charge in [0.1, 0.15) is 5.75 Å². The van der Waals surface area contributed by atoms with Gasteiger partial charge in [0.05, 0.1) is 7.11 Å². The zero-order valence-corrected chi connectivity index (χ0v) is 15.8. The molecule has 0 N–H and O–H groups in total. The molecule has 2 aliphatic rings. The molecule has 2 aromatic heterocycles. The van der Waals surface area contributed by atoms with Crippen molar-refractivity contribution < 1.29 is 4.74 Å². The van der Waals surface area contributed by atoms with Gasteiger partial charge in [0, 0.05) is 30.3 Å². The number of pyridine rings is 1. The Bertz CT molecular complexity index is 946. The molecule has 0 bridgehead atoms. The number of hydrogen-bond donors (Lipinski definition) is 0. The van der Waals surface area contributed by atoms with Crippen LogP contribution >= 0.6 is 0 Å². The first-order valence-corrected chi connectivity index (χ1v) is 10.0. The molecule has 0 radical (unpaired) electrons. The van der Waals surface area contributed by atoms with Gasteiger partial charge in [0.25, 0.3) is 0 Å². The first-order valence-electron chi connectivity index (χ1n) is 10.0. The smallest absolute Gasteiger partial charge is 0.156 e. The maximum Gasteiger partial charge on any atom is 0.156 e. The van der Waals surface area contributed by atoms with Gasteiger partial charge >= 0.3 is 0 Å². The Balaban J connectivity index is 1.41. The van der Waals surface area contributed by atoms with Crippen molar-refractivity contribution in [3.63, 3.8) is 0 Å². The van der Waals surface area contributed by atoms with Gasteiger partial charge in [-0.2, -0.15) is 5.10 Å². The summed E-state index contributed by atoms with van der Waals surface area (Å²) >= 11 is 0. The summed E-state index contributed by atoms with van der Waals surface area (Å²) in [6, 6.07) is 13.1. The Kier molecular flexibility index (Phi) is 4.32. The molecule has 0 amide bonds. The zero-order chi connectivity index (χ0) is 18.2. The number of nitrogens with zero attached hydrogens (tertiary/aromatic N) is 4. The van der Waals surface area contributed by atoms with Crippen LogP contribution in [0.3, 0.4) is 0 Å². The molecule has 1 saturated heterocycles. The van der Waals surface area contributed by atoms with E-state index in [2.05, 4.69) is 35.4 Å². The Hall–Kier alpha value is -2.40. The summed E-state index contributed by atoms with van der Waals surface area (Å²) in [5.41, 5.74) is 3.18. The van der Waals surface area contributed by atoms with Crippen LogP contribution in [-0.4, -0.2) is 45.7 Å². The van der Waals surface area contributed by atoms with Crippen molar-refractivity contribution in [2.45, 2.75) is 44.1 Å². The van der Waals surface area contributed by atoms with Crippen molar-refractivity contribution in [3.05, 3.63) is 48.4 Å². The molecule has 1 aliphatic carbocycles. The highest BCUT2D eigenvalue weighted by atomic mass is 16.5. The summed E-state index contributed by atoms with van der Waals surface area (Å²) in [6.45, 7) is 2.36. The molecule has 0 spiro atoms. The minimum atomic E-state index is 0.458. The lowest BCUT2D eigenvalue weighted by molar-refractivity contribution is 0.0929. The van der Waals surface area contributed by atoms with Crippen LogP contribution in [0.25, 0.3) is 16.8 Å². The third-order valence-electron chi connectivity index (χ3n) is 6.16. The molecule has 3 heterocycles. The van der Waals surface area contributed by atoms with E-state index >= 15 is 0 Å². The number of piperidine rings is 1. The van der Waals surface area contributed by atoms with E-state index in [1.54, 1.807) is 7.11 Å². The van der Waals surface area contributed by atoms with Gasteiger partial charge in [0.15, 0.2) is 11.5 Å². The van der Waals surface area contributed by atoms with E-state index < -0.39 is 0 Å². The topological polar surface area (TPSA) is 42.7 Å². The maximum atomic E-state index is 5.35. The quantitative estimate of drug-likeness (QED) is 0.700. The first-order chi connectivity index (χ1) is 13.3. The van der Waals surface area contributed by atoms with Gasteiger partial charge in [-0.25, -0.2) is 9.50 Å². The largest absolute Gasteiger partial charge is 0.497 e. The predicted octanol–water partition coefficient (Wildman–Crippen LogP) is 4.14. The van der Waals surface area contributed by atoms with Gasteiger partial charge in [0.2, 0.25) is 0 Å². The second kappa shape index (κ2) is 6.97. The molecule has 0 unspecified atom stereocenters. The summed E-state index contributed by atoms with van der Waals surface area (Å²) < 4.78 is 7.29. The summed E-state index contributed by atoms with van der Waals surface area (Å²) in [5, 5.41) is 4.85. The number of hydrogen-bond acceptors (Lipinski definition) is 4. The molecule has 140 valence electrons. The van der Waals surface area contributed by atoms with Gasteiger partial charge in [-0.05, 0) is 62.1 Å². The Morgan fingerprint density at radius 3 is 2.78 bits per heavy atom. The van der Waals surface area contributed by atoms with Crippen LogP contribution in [0, 0.1) is 0 Å². The van der Waals surface area contributed by atoms with E-state index in [1.165, 1.54) is 38.6 Å². The van der Waals surface area contributed by atoms with Crippen LogP contribution in [0.1, 0.15) is 43.8 Å².